The lowest BCUT2D eigenvalue weighted by Crippen LogP contribution is -2.30. The van der Waals surface area contributed by atoms with Crippen LogP contribution in [0.1, 0.15) is 22.8 Å². The predicted octanol–water partition coefficient (Wildman–Crippen LogP) is 5.66. The summed E-state index contributed by atoms with van der Waals surface area (Å²) in [6.45, 7) is 1.93. The normalized spacial score (nSPS) is 12.6. The van der Waals surface area contributed by atoms with Gasteiger partial charge in [0, 0.05) is 39.5 Å². The molecule has 0 saturated heterocycles. The molecule has 0 aromatic heterocycles. The Bertz CT molecular complexity index is 1730. The first-order chi connectivity index (χ1) is 21.3. The molecule has 224 valence electrons. The highest BCUT2D eigenvalue weighted by molar-refractivity contribution is 8.00. The fourth-order valence-electron chi connectivity index (χ4n) is 4.24. The second-order valence-corrected chi connectivity index (χ2v) is 11.0. The first-order valence-corrected chi connectivity index (χ1v) is 14.4. The average molecular weight is 612 g/mol. The third-order valence-corrected chi connectivity index (χ3v) is 7.55. The molecule has 0 saturated carbocycles. The Hall–Kier alpha value is -5.42. The van der Waals surface area contributed by atoms with Crippen molar-refractivity contribution in [2.24, 2.45) is 0 Å². The number of ether oxygens (including phenoxy) is 3. The van der Waals surface area contributed by atoms with Crippen LogP contribution in [0.5, 0.6) is 23.0 Å². The Morgan fingerprint density at radius 1 is 0.886 bits per heavy atom. The predicted molar refractivity (Wildman–Crippen MR) is 168 cm³/mol. The number of rotatable bonds is 10. The third kappa shape index (κ3) is 7.50. The minimum Gasteiger partial charge on any atom is -0.508 e. The molecule has 44 heavy (non-hydrogen) atoms. The lowest BCUT2D eigenvalue weighted by molar-refractivity contribution is -0.115. The summed E-state index contributed by atoms with van der Waals surface area (Å²) in [7, 11) is 1.44. The van der Waals surface area contributed by atoms with E-state index in [-0.39, 0.29) is 24.1 Å². The minimum atomic E-state index is -0.583. The van der Waals surface area contributed by atoms with Crippen LogP contribution in [0.15, 0.2) is 102 Å². The van der Waals surface area contributed by atoms with Gasteiger partial charge in [-0.25, -0.2) is 0 Å². The number of benzene rings is 4. The van der Waals surface area contributed by atoms with Gasteiger partial charge in [0.1, 0.15) is 17.2 Å². The molecule has 11 heteroatoms. The maximum absolute atomic E-state index is 13.5. The van der Waals surface area contributed by atoms with Gasteiger partial charge in [0.15, 0.2) is 11.5 Å². The number of aromatic hydroxyl groups is 1. The van der Waals surface area contributed by atoms with Gasteiger partial charge in [0.25, 0.3) is 11.8 Å². The molecule has 1 unspecified atom stereocenters. The van der Waals surface area contributed by atoms with Gasteiger partial charge in [-0.2, -0.15) is 0 Å². The largest absolute Gasteiger partial charge is 0.508 e. The molecule has 3 amide bonds. The second-order valence-electron chi connectivity index (χ2n) is 9.60. The van der Waals surface area contributed by atoms with E-state index in [1.165, 1.54) is 37.1 Å². The fraction of sp³-hybridized carbons (Fsp3) is 0.121. The highest BCUT2D eigenvalue weighted by Crippen LogP contribution is 2.35. The lowest BCUT2D eigenvalue weighted by Gasteiger charge is -2.15. The molecule has 0 bridgehead atoms. The van der Waals surface area contributed by atoms with E-state index in [1.54, 1.807) is 79.7 Å². The van der Waals surface area contributed by atoms with Crippen molar-refractivity contribution in [3.8, 4) is 23.0 Å². The Morgan fingerprint density at radius 3 is 2.45 bits per heavy atom. The maximum Gasteiger partial charge on any atom is 0.272 e. The number of amides is 3. The first-order valence-electron chi connectivity index (χ1n) is 13.5. The Labute approximate surface area is 258 Å². The SMILES string of the molecule is COc1cc(O)ccc1/C=C(/NC(=O)c1ccccc1)C(=O)Nc1cccc(SC(C)C(=O)Nc2ccc3c(c2)OCO3)c1. The molecule has 4 aromatic rings. The van der Waals surface area contributed by atoms with Gasteiger partial charge in [0.05, 0.1) is 12.4 Å². The minimum absolute atomic E-state index is 0.00793. The zero-order valence-electron chi connectivity index (χ0n) is 23.8. The summed E-state index contributed by atoms with van der Waals surface area (Å²) >= 11 is 1.32. The number of phenols is 1. The molecule has 4 aromatic carbocycles. The quantitative estimate of drug-likeness (QED) is 0.133. The number of hydrogen-bond acceptors (Lipinski definition) is 8. The summed E-state index contributed by atoms with van der Waals surface area (Å²) < 4.78 is 16.0. The highest BCUT2D eigenvalue weighted by Gasteiger charge is 2.19. The number of hydrogen-bond donors (Lipinski definition) is 4. The van der Waals surface area contributed by atoms with Crippen molar-refractivity contribution < 1.29 is 33.7 Å². The highest BCUT2D eigenvalue weighted by atomic mass is 32.2. The molecule has 0 radical (unpaired) electrons. The van der Waals surface area contributed by atoms with Crippen molar-refractivity contribution in [1.29, 1.82) is 0 Å². The van der Waals surface area contributed by atoms with Crippen molar-refractivity contribution in [3.05, 3.63) is 108 Å². The second kappa shape index (κ2) is 13.7. The van der Waals surface area contributed by atoms with Crippen LogP contribution in [0.25, 0.3) is 6.08 Å². The van der Waals surface area contributed by atoms with Gasteiger partial charge in [0.2, 0.25) is 12.7 Å². The molecule has 0 fully saturated rings. The summed E-state index contributed by atoms with van der Waals surface area (Å²) in [5.74, 6) is 0.242. The number of phenolic OH excluding ortho intramolecular Hbond substituents is 1. The topological polar surface area (TPSA) is 135 Å². The Kier molecular flexibility index (Phi) is 9.36. The molecule has 4 N–H and O–H groups in total. The molecular weight excluding hydrogens is 582 g/mol. The molecule has 1 heterocycles. The lowest BCUT2D eigenvalue weighted by atomic mass is 10.1. The zero-order chi connectivity index (χ0) is 31.1. The van der Waals surface area contributed by atoms with Gasteiger partial charge in [-0.15, -0.1) is 11.8 Å². The standard InChI is InChI=1S/C33H29N3O7S/c1-20(31(38)34-24-12-14-28-30(17-24)43-19-42-28)44-26-10-6-9-23(16-26)35-33(40)27(36-32(39)21-7-4-3-5-8-21)15-22-11-13-25(37)18-29(22)41-2/h3-18,20,37H,19H2,1-2H3,(H,34,38)(H,35,40)(H,36,39)/b27-15+. The molecule has 1 atom stereocenters. The third-order valence-electron chi connectivity index (χ3n) is 6.46. The van der Waals surface area contributed by atoms with E-state index in [0.29, 0.717) is 39.8 Å². The van der Waals surface area contributed by atoms with Gasteiger partial charge < -0.3 is 35.3 Å². The number of methoxy groups -OCH3 is 1. The summed E-state index contributed by atoms with van der Waals surface area (Å²) in [6.07, 6.45) is 1.47. The van der Waals surface area contributed by atoms with E-state index < -0.39 is 17.1 Å². The molecule has 0 spiro atoms. The van der Waals surface area contributed by atoms with E-state index in [0.717, 1.165) is 4.90 Å². The van der Waals surface area contributed by atoms with Crippen LogP contribution in [-0.2, 0) is 9.59 Å². The van der Waals surface area contributed by atoms with Gasteiger partial charge in [-0.3, -0.25) is 14.4 Å². The summed E-state index contributed by atoms with van der Waals surface area (Å²) in [5.41, 5.74) is 1.85. The van der Waals surface area contributed by atoms with E-state index in [1.807, 2.05) is 6.07 Å². The molecule has 1 aliphatic rings. The molecule has 5 rings (SSSR count). The van der Waals surface area contributed by atoms with Crippen LogP contribution >= 0.6 is 11.8 Å². The summed E-state index contributed by atoms with van der Waals surface area (Å²) in [4.78, 5) is 40.1. The number of carbonyl (C=O) groups excluding carboxylic acids is 3. The van der Waals surface area contributed by atoms with Gasteiger partial charge >= 0.3 is 0 Å². The van der Waals surface area contributed by atoms with Crippen molar-refractivity contribution >= 4 is 46.9 Å². The number of anilines is 2. The number of carbonyl (C=O) groups is 3. The Morgan fingerprint density at radius 2 is 1.66 bits per heavy atom. The van der Waals surface area contributed by atoms with Crippen LogP contribution in [-0.4, -0.2) is 42.0 Å². The zero-order valence-corrected chi connectivity index (χ0v) is 24.6. The van der Waals surface area contributed by atoms with Crippen LogP contribution in [0.3, 0.4) is 0 Å². The molecular formula is C33H29N3O7S. The summed E-state index contributed by atoms with van der Waals surface area (Å²) in [6, 6.07) is 25.2. The van der Waals surface area contributed by atoms with E-state index >= 15 is 0 Å². The summed E-state index contributed by atoms with van der Waals surface area (Å²) in [5, 5.41) is 17.8. The van der Waals surface area contributed by atoms with E-state index in [9.17, 15) is 19.5 Å². The Balaban J connectivity index is 1.30. The fourth-order valence-corrected chi connectivity index (χ4v) is 5.16. The first kappa shape index (κ1) is 30.1. The van der Waals surface area contributed by atoms with Gasteiger partial charge in [-0.1, -0.05) is 24.3 Å². The molecule has 0 aliphatic carbocycles. The van der Waals surface area contributed by atoms with Crippen molar-refractivity contribution in [1.82, 2.24) is 5.32 Å². The van der Waals surface area contributed by atoms with Crippen molar-refractivity contribution in [3.63, 3.8) is 0 Å². The van der Waals surface area contributed by atoms with Crippen molar-refractivity contribution in [2.45, 2.75) is 17.1 Å². The number of thioether (sulfide) groups is 1. The average Bonchev–Trinajstić information content (AvgIpc) is 3.50. The monoisotopic (exact) mass is 611 g/mol. The van der Waals surface area contributed by atoms with Crippen LogP contribution < -0.4 is 30.2 Å². The maximum atomic E-state index is 13.5. The van der Waals surface area contributed by atoms with E-state index in [4.69, 9.17) is 14.2 Å². The number of fused-ring (bicyclic) bond motifs is 1. The molecule has 10 nitrogen and oxygen atoms in total. The van der Waals surface area contributed by atoms with E-state index in [2.05, 4.69) is 16.0 Å². The van der Waals surface area contributed by atoms with Crippen LogP contribution in [0.4, 0.5) is 11.4 Å². The molecule has 1 aliphatic heterocycles. The number of nitrogens with one attached hydrogen (secondary N) is 3. The van der Waals surface area contributed by atoms with Crippen molar-refractivity contribution in [2.75, 3.05) is 24.5 Å². The van der Waals surface area contributed by atoms with Crippen LogP contribution in [0, 0.1) is 0 Å². The smallest absolute Gasteiger partial charge is 0.272 e. The van der Waals surface area contributed by atoms with Crippen LogP contribution in [0.2, 0.25) is 0 Å². The van der Waals surface area contributed by atoms with Gasteiger partial charge in [-0.05, 0) is 67.6 Å².